The predicted molar refractivity (Wildman–Crippen MR) is 171 cm³/mol. The fourth-order valence-electron chi connectivity index (χ4n) is 6.75. The normalized spacial score (nSPS) is 20.5. The molecule has 2 heterocycles. The van der Waals surface area contributed by atoms with E-state index >= 15 is 0 Å². The average molecular weight is 690 g/mol. The maximum absolute atomic E-state index is 13.4. The first-order chi connectivity index (χ1) is 21.2. The second-order valence-electron chi connectivity index (χ2n) is 13.5. The number of piperidine rings is 1. The van der Waals surface area contributed by atoms with Gasteiger partial charge < -0.3 is 5.32 Å². The zero-order chi connectivity index (χ0) is 32.5. The van der Waals surface area contributed by atoms with Crippen molar-refractivity contribution in [3.63, 3.8) is 0 Å². The molecule has 1 saturated carbocycles. The van der Waals surface area contributed by atoms with E-state index < -0.39 is 17.6 Å². The Labute approximate surface area is 271 Å². The van der Waals surface area contributed by atoms with Crippen LogP contribution >= 0.6 is 0 Å². The van der Waals surface area contributed by atoms with E-state index in [0.717, 1.165) is 68.5 Å². The fraction of sp³-hybridized carbons (Fsp3) is 0.559. The Morgan fingerprint density at radius 2 is 1.69 bits per heavy atom. The number of imidazole rings is 1. The van der Waals surface area contributed by atoms with Crippen LogP contribution in [0, 0.1) is 11.8 Å². The molecule has 1 aromatic heterocycles. The summed E-state index contributed by atoms with van der Waals surface area (Å²) in [5.41, 5.74) is 1.76. The average Bonchev–Trinajstić information content (AvgIpc) is 3.33. The number of benzene rings is 2. The number of nitrogens with one attached hydrogen (secondary N) is 2. The number of hydrogen-bond acceptors (Lipinski definition) is 4. The minimum absolute atomic E-state index is 0.0241. The van der Waals surface area contributed by atoms with Crippen LogP contribution in [-0.4, -0.2) is 61.4 Å². The molecule has 3 aromatic rings. The van der Waals surface area contributed by atoms with Gasteiger partial charge in [-0.05, 0) is 44.9 Å². The minimum atomic E-state index is -4.55. The van der Waals surface area contributed by atoms with Gasteiger partial charge in [0.2, 0.25) is 5.91 Å². The molecule has 1 aliphatic heterocycles. The molecule has 0 atom stereocenters. The summed E-state index contributed by atoms with van der Waals surface area (Å²) in [4.78, 5) is 33.2. The van der Waals surface area contributed by atoms with Crippen LogP contribution in [0.3, 0.4) is 0 Å². The monoisotopic (exact) mass is 690 g/mol. The number of hydrogen-bond donors (Lipinski definition) is 2. The minimum Gasteiger partial charge on any atom is -0.0396 e. The summed E-state index contributed by atoms with van der Waals surface area (Å²) in [5.74, 6) is 0.292. The van der Waals surface area contributed by atoms with Crippen LogP contribution < -0.4 is 10.6 Å². The predicted octanol–water partition coefficient (Wildman–Crippen LogP) is 7.14. The zero-order valence-electron chi connectivity index (χ0n) is 26.4. The third-order valence-corrected chi connectivity index (χ3v) is 9.97. The van der Waals surface area contributed by atoms with Crippen molar-refractivity contribution in [1.82, 2.24) is 19.8 Å². The van der Waals surface area contributed by atoms with Crippen LogP contribution in [-0.2, 0) is 17.5 Å². The van der Waals surface area contributed by atoms with Gasteiger partial charge in [-0.1, -0.05) is 6.07 Å². The molecule has 45 heavy (non-hydrogen) atoms. The molecule has 0 bridgehead atoms. The fourth-order valence-corrected chi connectivity index (χ4v) is 7.24. The van der Waals surface area contributed by atoms with E-state index in [-0.39, 0.29) is 33.8 Å². The molecule has 5 rings (SSSR count). The number of alkyl halides is 3. The molecule has 243 valence electrons. The summed E-state index contributed by atoms with van der Waals surface area (Å²) >= 11 is 3.33. The first kappa shape index (κ1) is 33.5. The molecule has 0 unspecified atom stereocenters. The molecule has 1 radical (unpaired) electrons. The van der Waals surface area contributed by atoms with Gasteiger partial charge in [0.15, 0.2) is 0 Å². The van der Waals surface area contributed by atoms with Crippen molar-refractivity contribution < 1.29 is 22.8 Å². The van der Waals surface area contributed by atoms with Crippen LogP contribution in [0.25, 0.3) is 11.0 Å². The first-order valence-corrected chi connectivity index (χ1v) is 16.8. The van der Waals surface area contributed by atoms with Gasteiger partial charge in [0.05, 0.1) is 5.56 Å². The number of nitrogens with zero attached hydrogens (tertiary/aromatic N) is 3. The first-order valence-electron chi connectivity index (χ1n) is 15.9. The number of carbonyl (C=O) groups excluding carboxylic acids is 2. The van der Waals surface area contributed by atoms with E-state index in [4.69, 9.17) is 4.98 Å². The third kappa shape index (κ3) is 8.10. The molecule has 2 amide bonds. The van der Waals surface area contributed by atoms with Gasteiger partial charge in [-0.15, -0.1) is 0 Å². The summed E-state index contributed by atoms with van der Waals surface area (Å²) in [7, 11) is 0. The van der Waals surface area contributed by atoms with Gasteiger partial charge in [-0.2, -0.15) is 13.2 Å². The molecule has 11 heteroatoms. The van der Waals surface area contributed by atoms with Crippen LogP contribution in [0.4, 0.5) is 19.1 Å². The zero-order valence-corrected chi connectivity index (χ0v) is 28.1. The third-order valence-electron chi connectivity index (χ3n) is 9.27. The number of likely N-dealkylation sites (tertiary alicyclic amines) is 1. The van der Waals surface area contributed by atoms with Gasteiger partial charge in [-0.3, -0.25) is 9.59 Å². The van der Waals surface area contributed by atoms with Gasteiger partial charge in [0.1, 0.15) is 0 Å². The molecule has 2 fully saturated rings. The summed E-state index contributed by atoms with van der Waals surface area (Å²) in [6.45, 7) is 11.3. The second kappa shape index (κ2) is 13.5. The topological polar surface area (TPSA) is 79.3 Å². The number of anilines is 1. The van der Waals surface area contributed by atoms with Crippen molar-refractivity contribution in [3.8, 4) is 0 Å². The van der Waals surface area contributed by atoms with Gasteiger partial charge >= 0.3 is 158 Å². The van der Waals surface area contributed by atoms with Gasteiger partial charge in [0, 0.05) is 17.5 Å². The van der Waals surface area contributed by atoms with Crippen LogP contribution in [0.15, 0.2) is 42.5 Å². The molecule has 1 saturated heterocycles. The molecule has 2 aromatic carbocycles. The molecule has 1 aliphatic carbocycles. The summed E-state index contributed by atoms with van der Waals surface area (Å²) < 4.78 is 42.3. The van der Waals surface area contributed by atoms with E-state index in [2.05, 4.69) is 57.5 Å². The number of amides is 2. The maximum atomic E-state index is 13.4. The van der Waals surface area contributed by atoms with Crippen LogP contribution in [0.2, 0.25) is 4.31 Å². The van der Waals surface area contributed by atoms with Crippen molar-refractivity contribution in [3.05, 3.63) is 59.2 Å². The molecular formula is C34H43F3N5O2Se. The number of carbonyl (C=O) groups is 2. The second-order valence-corrected chi connectivity index (χ2v) is 15.7. The van der Waals surface area contributed by atoms with Crippen molar-refractivity contribution in [2.24, 2.45) is 11.8 Å². The van der Waals surface area contributed by atoms with Crippen molar-refractivity contribution >= 4 is 44.8 Å². The Morgan fingerprint density at radius 1 is 1.00 bits per heavy atom. The van der Waals surface area contributed by atoms with Crippen molar-refractivity contribution in [2.45, 2.75) is 95.3 Å². The quantitative estimate of drug-likeness (QED) is 0.247. The van der Waals surface area contributed by atoms with Gasteiger partial charge in [0.25, 0.3) is 5.91 Å². The van der Waals surface area contributed by atoms with Crippen LogP contribution in [0.1, 0.15) is 93.7 Å². The number of aromatic nitrogens is 2. The number of fused-ring (bicyclic) bond motifs is 1. The number of halogens is 3. The SMILES string of the molecule is CC(C)NC(=O)C1CCC(n2c(NC(=O)c3cccc(C(F)(F)F)c3)nc3ccc(CN4CCC(C(C)(C)[Se])CC4)cc32)CC1. The number of rotatable bonds is 8. The van der Waals surface area contributed by atoms with Crippen molar-refractivity contribution in [2.75, 3.05) is 18.4 Å². The van der Waals surface area contributed by atoms with E-state index in [1.807, 2.05) is 24.5 Å². The molecule has 2 aliphatic rings. The Hall–Kier alpha value is -2.88. The molecule has 2 N–H and O–H groups in total. The van der Waals surface area contributed by atoms with Crippen LogP contribution in [0.5, 0.6) is 0 Å². The standard InChI is InChI=1S/C34H43F3N5O2Se/c1-21(2)38-30(43)23-9-11-27(12-10-23)42-29-18-22(20-41-16-14-25(15-17-41)33(3,4)45)8-13-28(29)39-32(42)40-31(44)24-6-5-7-26(19-24)34(35,36)37/h5-8,13,18-19,21,23,25,27H,9-12,14-17,20H2,1-4H3,(H,38,43)(H,39,40,44). The molecular weight excluding hydrogens is 646 g/mol. The summed E-state index contributed by atoms with van der Waals surface area (Å²) in [6, 6.07) is 10.6. The van der Waals surface area contributed by atoms with E-state index in [1.54, 1.807) is 0 Å². The van der Waals surface area contributed by atoms with E-state index in [0.29, 0.717) is 30.2 Å². The molecule has 0 spiro atoms. The molecule has 7 nitrogen and oxygen atoms in total. The smallest absolute Gasteiger partial charge is 0.0396 e. The Bertz CT molecular complexity index is 1510. The van der Waals surface area contributed by atoms with E-state index in [1.165, 1.54) is 12.1 Å². The Balaban J connectivity index is 1.41. The summed E-state index contributed by atoms with van der Waals surface area (Å²) in [6.07, 6.45) is 0.554. The van der Waals surface area contributed by atoms with E-state index in [9.17, 15) is 22.8 Å². The summed E-state index contributed by atoms with van der Waals surface area (Å²) in [5, 5.41) is 5.84. The Kier molecular flexibility index (Phi) is 10.0. The van der Waals surface area contributed by atoms with Crippen molar-refractivity contribution in [1.29, 1.82) is 0 Å². The van der Waals surface area contributed by atoms with Gasteiger partial charge in [-0.25, -0.2) is 0 Å². The Morgan fingerprint density at radius 3 is 2.31 bits per heavy atom.